The predicted molar refractivity (Wildman–Crippen MR) is 103 cm³/mol. The third-order valence-electron chi connectivity index (χ3n) is 5.22. The summed E-state index contributed by atoms with van der Waals surface area (Å²) in [5.41, 5.74) is 0.444. The number of carbonyl (C=O) groups is 2. The van der Waals surface area contributed by atoms with Crippen LogP contribution in [0.25, 0.3) is 0 Å². The molecule has 0 aromatic rings. The van der Waals surface area contributed by atoms with Crippen molar-refractivity contribution in [2.24, 2.45) is 5.92 Å². The van der Waals surface area contributed by atoms with Crippen LogP contribution in [0.2, 0.25) is 0 Å². The average Bonchev–Trinajstić information content (AvgIpc) is 2.67. The van der Waals surface area contributed by atoms with Crippen LogP contribution in [0.5, 0.6) is 0 Å². The number of piperidine rings is 1. The Morgan fingerprint density at radius 3 is 2.54 bits per heavy atom. The summed E-state index contributed by atoms with van der Waals surface area (Å²) in [4.78, 5) is 25.2. The average molecular weight is 412 g/mol. The monoisotopic (exact) mass is 411 g/mol. The zero-order chi connectivity index (χ0) is 20.8. The van der Waals surface area contributed by atoms with Crippen LogP contribution < -0.4 is 0 Å². The molecule has 1 amide bonds. The number of morpholine rings is 1. The van der Waals surface area contributed by atoms with Gasteiger partial charge >= 0.3 is 5.97 Å². The number of carboxylic acids is 1. The van der Waals surface area contributed by atoms with Gasteiger partial charge in [-0.15, -0.1) is 0 Å². The maximum atomic E-state index is 12.5. The zero-order valence-electron chi connectivity index (χ0n) is 16.2. The normalized spacial score (nSPS) is 27.5. The molecule has 0 aromatic heterocycles. The van der Waals surface area contributed by atoms with Crippen LogP contribution in [-0.2, 0) is 25.6 Å². The fraction of sp³-hybridized carbons (Fsp3) is 0.579. The molecule has 2 aliphatic rings. The van der Waals surface area contributed by atoms with Crippen molar-refractivity contribution in [3.63, 3.8) is 0 Å². The molecular weight excluding hydrogens is 384 g/mol. The Morgan fingerprint density at radius 1 is 1.39 bits per heavy atom. The maximum Gasteiger partial charge on any atom is 0.306 e. The molecule has 3 atom stereocenters. The van der Waals surface area contributed by atoms with Crippen LogP contribution in [-0.4, -0.2) is 60.2 Å². The molecule has 0 bridgehead atoms. The SMILES string of the molecule is C=C/C=C1/OC(CCC(=O)N2CCC(C(=O)O)CC2)[C@@H](C)N(S(=O)[O-])/C1=C/C. The van der Waals surface area contributed by atoms with E-state index in [1.165, 1.54) is 10.4 Å². The quantitative estimate of drug-likeness (QED) is 0.669. The van der Waals surface area contributed by atoms with Crippen molar-refractivity contribution in [3.05, 3.63) is 36.3 Å². The van der Waals surface area contributed by atoms with Crippen molar-refractivity contribution >= 4 is 23.1 Å². The number of amides is 1. The van der Waals surface area contributed by atoms with Crippen molar-refractivity contribution in [1.29, 1.82) is 0 Å². The van der Waals surface area contributed by atoms with Crippen molar-refractivity contribution < 1.29 is 28.2 Å². The predicted octanol–water partition coefficient (Wildman–Crippen LogP) is 1.95. The second kappa shape index (κ2) is 9.88. The maximum absolute atomic E-state index is 12.5. The van der Waals surface area contributed by atoms with Gasteiger partial charge in [-0.25, -0.2) is 0 Å². The highest BCUT2D eigenvalue weighted by atomic mass is 32.2. The Labute approximate surface area is 167 Å². The van der Waals surface area contributed by atoms with Gasteiger partial charge in [0.1, 0.15) is 11.9 Å². The van der Waals surface area contributed by atoms with Crippen molar-refractivity contribution in [3.8, 4) is 0 Å². The van der Waals surface area contributed by atoms with E-state index < -0.39 is 35.3 Å². The lowest BCUT2D eigenvalue weighted by atomic mass is 9.96. The van der Waals surface area contributed by atoms with Gasteiger partial charge < -0.3 is 19.3 Å². The van der Waals surface area contributed by atoms with Crippen molar-refractivity contribution in [2.75, 3.05) is 13.1 Å². The molecule has 0 spiro atoms. The Balaban J connectivity index is 2.02. The van der Waals surface area contributed by atoms with Gasteiger partial charge in [-0.2, -0.15) is 0 Å². The molecule has 0 aliphatic carbocycles. The number of rotatable bonds is 6. The largest absolute Gasteiger partial charge is 0.755 e. The molecule has 0 saturated carbocycles. The third-order valence-corrected chi connectivity index (χ3v) is 6.07. The van der Waals surface area contributed by atoms with Crippen LogP contribution in [0.15, 0.2) is 36.3 Å². The third kappa shape index (κ3) is 5.02. The number of likely N-dealkylation sites (tertiary alicyclic amines) is 1. The first-order valence-electron chi connectivity index (χ1n) is 9.35. The number of carboxylic acid groups (broad SMARTS) is 1. The van der Waals surface area contributed by atoms with Gasteiger partial charge in [-0.05, 0) is 39.2 Å². The van der Waals surface area contributed by atoms with Crippen molar-refractivity contribution in [1.82, 2.24) is 9.21 Å². The van der Waals surface area contributed by atoms with Gasteiger partial charge in [0.2, 0.25) is 5.91 Å². The minimum absolute atomic E-state index is 0.0690. The molecule has 28 heavy (non-hydrogen) atoms. The number of carbonyl (C=O) groups excluding carboxylic acids is 1. The molecule has 9 heteroatoms. The standard InChI is InChI=1S/C19H28N2O6S/c1-4-6-17-15(5-2)21(28(25)26)13(3)16(27-17)7-8-18(22)20-11-9-14(10-12-20)19(23)24/h4-6,13-14,16H,1,7-12H2,2-3H3,(H,23,24)(H,25,26)/p-1/b15-5+,17-6+/t13-,16?/m1/s1. The van der Waals surface area contributed by atoms with Gasteiger partial charge in [-0.1, -0.05) is 18.7 Å². The second-order valence-corrected chi connectivity index (χ2v) is 7.74. The van der Waals surface area contributed by atoms with E-state index in [1.807, 2.05) is 0 Å². The Hall–Kier alpha value is -2.13. The number of hydrogen-bond donors (Lipinski definition) is 1. The molecular formula is C19H27N2O6S-. The van der Waals surface area contributed by atoms with E-state index in [9.17, 15) is 18.4 Å². The molecule has 1 N–H and O–H groups in total. The molecule has 2 aliphatic heterocycles. The Bertz CT molecular complexity index is 697. The van der Waals surface area contributed by atoms with Gasteiger partial charge in [0.25, 0.3) is 0 Å². The molecule has 2 heterocycles. The summed E-state index contributed by atoms with van der Waals surface area (Å²) < 4.78 is 30.7. The summed E-state index contributed by atoms with van der Waals surface area (Å²) in [5.74, 6) is -0.874. The number of allylic oxidation sites excluding steroid dienone is 3. The minimum Gasteiger partial charge on any atom is -0.755 e. The van der Waals surface area contributed by atoms with Crippen LogP contribution in [0.4, 0.5) is 0 Å². The van der Waals surface area contributed by atoms with E-state index in [2.05, 4.69) is 6.58 Å². The van der Waals surface area contributed by atoms with Crippen molar-refractivity contribution in [2.45, 2.75) is 51.7 Å². The highest BCUT2D eigenvalue weighted by molar-refractivity contribution is 7.76. The van der Waals surface area contributed by atoms with E-state index in [0.29, 0.717) is 43.8 Å². The fourth-order valence-corrected chi connectivity index (χ4v) is 4.38. The van der Waals surface area contributed by atoms with Crippen LogP contribution >= 0.6 is 0 Å². The first-order valence-corrected chi connectivity index (χ1v) is 10.4. The number of hydrogen-bond acceptors (Lipinski definition) is 5. The number of ether oxygens (including phenoxy) is 1. The summed E-state index contributed by atoms with van der Waals surface area (Å²) in [6.45, 7) is 7.97. The summed E-state index contributed by atoms with van der Waals surface area (Å²) in [5, 5.41) is 9.05. The molecule has 8 nitrogen and oxygen atoms in total. The summed E-state index contributed by atoms with van der Waals surface area (Å²) in [7, 11) is 0. The molecule has 2 rings (SSSR count). The van der Waals surface area contributed by atoms with Gasteiger partial charge in [-0.3, -0.25) is 18.1 Å². The number of nitrogens with zero attached hydrogens (tertiary/aromatic N) is 2. The topological polar surface area (TPSA) is 110 Å². The summed E-state index contributed by atoms with van der Waals surface area (Å²) in [6.07, 6.45) is 5.79. The highest BCUT2D eigenvalue weighted by Crippen LogP contribution is 2.33. The lowest BCUT2D eigenvalue weighted by Gasteiger charge is -2.44. The smallest absolute Gasteiger partial charge is 0.306 e. The molecule has 2 fully saturated rings. The van der Waals surface area contributed by atoms with E-state index in [4.69, 9.17) is 9.84 Å². The molecule has 2 unspecified atom stereocenters. The fourth-order valence-electron chi connectivity index (χ4n) is 3.62. The molecule has 0 radical (unpaired) electrons. The van der Waals surface area contributed by atoms with Crippen LogP contribution in [0.3, 0.4) is 0 Å². The van der Waals surface area contributed by atoms with Gasteiger partial charge in [0.15, 0.2) is 0 Å². The zero-order valence-corrected chi connectivity index (χ0v) is 17.0. The number of aliphatic carboxylic acids is 1. The Kier molecular flexibility index (Phi) is 7.82. The van der Waals surface area contributed by atoms with Crippen LogP contribution in [0, 0.1) is 5.92 Å². The Morgan fingerprint density at radius 2 is 2.04 bits per heavy atom. The first kappa shape index (κ1) is 22.2. The minimum atomic E-state index is -2.48. The lowest BCUT2D eigenvalue weighted by Crippen LogP contribution is -2.48. The van der Waals surface area contributed by atoms with E-state index in [1.54, 1.807) is 30.9 Å². The summed E-state index contributed by atoms with van der Waals surface area (Å²) >= 11 is -2.48. The van der Waals surface area contributed by atoms with E-state index >= 15 is 0 Å². The molecule has 0 aromatic carbocycles. The van der Waals surface area contributed by atoms with E-state index in [-0.39, 0.29) is 12.3 Å². The lowest BCUT2D eigenvalue weighted by molar-refractivity contribution is -0.145. The van der Waals surface area contributed by atoms with Gasteiger partial charge in [0, 0.05) is 30.8 Å². The van der Waals surface area contributed by atoms with Gasteiger partial charge in [0.05, 0.1) is 17.7 Å². The molecule has 2 saturated heterocycles. The molecule has 156 valence electrons. The first-order chi connectivity index (χ1) is 13.3. The highest BCUT2D eigenvalue weighted by Gasteiger charge is 2.36. The van der Waals surface area contributed by atoms with Crippen LogP contribution in [0.1, 0.15) is 39.5 Å². The second-order valence-electron chi connectivity index (χ2n) is 6.91. The summed E-state index contributed by atoms with van der Waals surface area (Å²) in [6, 6.07) is -0.461. The van der Waals surface area contributed by atoms with E-state index in [0.717, 1.165) is 0 Å².